The Hall–Kier alpha value is -2.12. The van der Waals surface area contributed by atoms with Crippen LogP contribution in [0, 0.1) is 10.8 Å². The standard InChI is InChI=1S/C13H10F3NO4/c14-13(15,16)7-2-1-6(3-17-7)8-11(9(18)19)4-12(8,5-11)10(20)21/h1-3,8H,4-5H2,(H,18,19)(H,20,21). The molecule has 0 amide bonds. The predicted octanol–water partition coefficient (Wildman–Crippen LogP) is 2.13. The Labute approximate surface area is 116 Å². The number of hydrogen-bond acceptors (Lipinski definition) is 3. The van der Waals surface area contributed by atoms with Gasteiger partial charge in [-0.1, -0.05) is 6.07 Å². The van der Waals surface area contributed by atoms with Crippen molar-refractivity contribution in [2.24, 2.45) is 10.8 Å². The van der Waals surface area contributed by atoms with Gasteiger partial charge in [0, 0.05) is 12.1 Å². The van der Waals surface area contributed by atoms with E-state index in [4.69, 9.17) is 0 Å². The van der Waals surface area contributed by atoms with Crippen LogP contribution in [-0.4, -0.2) is 27.1 Å². The number of carboxylic acid groups (broad SMARTS) is 2. The van der Waals surface area contributed by atoms with Gasteiger partial charge < -0.3 is 10.2 Å². The Morgan fingerprint density at radius 2 is 1.67 bits per heavy atom. The molecular weight excluding hydrogens is 291 g/mol. The summed E-state index contributed by atoms with van der Waals surface area (Å²) < 4.78 is 37.4. The number of rotatable bonds is 3. The highest BCUT2D eigenvalue weighted by molar-refractivity contribution is 5.92. The van der Waals surface area contributed by atoms with Crippen LogP contribution < -0.4 is 0 Å². The van der Waals surface area contributed by atoms with Gasteiger partial charge >= 0.3 is 18.1 Å². The first-order valence-corrected chi connectivity index (χ1v) is 6.13. The second-order valence-electron chi connectivity index (χ2n) is 5.68. The van der Waals surface area contributed by atoms with Crippen molar-refractivity contribution < 1.29 is 33.0 Å². The van der Waals surface area contributed by atoms with E-state index in [0.29, 0.717) is 0 Å². The van der Waals surface area contributed by atoms with Gasteiger partial charge in [-0.2, -0.15) is 13.2 Å². The highest BCUT2D eigenvalue weighted by atomic mass is 19.4. The van der Waals surface area contributed by atoms with E-state index in [1.165, 1.54) is 0 Å². The number of aliphatic carboxylic acids is 2. The Morgan fingerprint density at radius 1 is 1.14 bits per heavy atom. The number of aromatic nitrogens is 1. The van der Waals surface area contributed by atoms with Crippen molar-refractivity contribution in [3.8, 4) is 0 Å². The molecule has 0 unspecified atom stereocenters. The lowest BCUT2D eigenvalue weighted by Gasteiger charge is -2.71. The van der Waals surface area contributed by atoms with Crippen LogP contribution in [0.5, 0.6) is 0 Å². The molecule has 3 fully saturated rings. The fourth-order valence-electron chi connectivity index (χ4n) is 3.68. The quantitative estimate of drug-likeness (QED) is 0.893. The van der Waals surface area contributed by atoms with E-state index < -0.39 is 40.6 Å². The van der Waals surface area contributed by atoms with Crippen molar-refractivity contribution in [1.29, 1.82) is 0 Å². The molecule has 0 aliphatic heterocycles. The lowest BCUT2D eigenvalue weighted by atomic mass is 9.28. The van der Waals surface area contributed by atoms with Crippen molar-refractivity contribution in [3.63, 3.8) is 0 Å². The number of hydrogen-bond donors (Lipinski definition) is 2. The minimum Gasteiger partial charge on any atom is -0.481 e. The zero-order valence-corrected chi connectivity index (χ0v) is 10.5. The van der Waals surface area contributed by atoms with Crippen LogP contribution in [0.15, 0.2) is 18.3 Å². The molecule has 1 heterocycles. The fourth-order valence-corrected chi connectivity index (χ4v) is 3.68. The van der Waals surface area contributed by atoms with Crippen LogP contribution in [0.25, 0.3) is 0 Å². The third kappa shape index (κ3) is 1.55. The lowest BCUT2D eigenvalue weighted by molar-refractivity contribution is -0.246. The smallest absolute Gasteiger partial charge is 0.433 e. The van der Waals surface area contributed by atoms with Gasteiger partial charge in [-0.15, -0.1) is 0 Å². The fraction of sp³-hybridized carbons (Fsp3) is 0.462. The third-order valence-electron chi connectivity index (χ3n) is 4.63. The van der Waals surface area contributed by atoms with E-state index in [-0.39, 0.29) is 18.4 Å². The first-order chi connectivity index (χ1) is 9.63. The highest BCUT2D eigenvalue weighted by Crippen LogP contribution is 2.81. The van der Waals surface area contributed by atoms with Gasteiger partial charge in [-0.3, -0.25) is 14.6 Å². The van der Waals surface area contributed by atoms with Gasteiger partial charge in [-0.25, -0.2) is 0 Å². The Kier molecular flexibility index (Phi) is 2.47. The normalized spacial score (nSPS) is 33.8. The number of pyridine rings is 1. The zero-order valence-electron chi connectivity index (χ0n) is 10.5. The Balaban J connectivity index is 1.96. The molecule has 2 N–H and O–H groups in total. The van der Waals surface area contributed by atoms with E-state index in [1.807, 2.05) is 0 Å². The first-order valence-electron chi connectivity index (χ1n) is 6.13. The summed E-state index contributed by atoms with van der Waals surface area (Å²) in [7, 11) is 0. The van der Waals surface area contributed by atoms with Crippen LogP contribution in [0.3, 0.4) is 0 Å². The van der Waals surface area contributed by atoms with Gasteiger partial charge in [0.15, 0.2) is 0 Å². The van der Waals surface area contributed by atoms with Crippen LogP contribution in [0.4, 0.5) is 13.2 Å². The van der Waals surface area contributed by atoms with Crippen molar-refractivity contribution in [2.45, 2.75) is 24.9 Å². The Bertz CT molecular complexity index is 606. The average Bonchev–Trinajstić information content (AvgIpc) is 2.24. The van der Waals surface area contributed by atoms with Gasteiger partial charge in [0.1, 0.15) is 5.69 Å². The molecule has 1 aromatic rings. The molecule has 21 heavy (non-hydrogen) atoms. The summed E-state index contributed by atoms with van der Waals surface area (Å²) in [5, 5.41) is 18.5. The predicted molar refractivity (Wildman–Crippen MR) is 61.4 cm³/mol. The molecule has 8 heteroatoms. The number of nitrogens with zero attached hydrogens (tertiary/aromatic N) is 1. The largest absolute Gasteiger partial charge is 0.481 e. The number of alkyl halides is 3. The molecule has 0 saturated heterocycles. The van der Waals surface area contributed by atoms with Crippen LogP contribution in [-0.2, 0) is 15.8 Å². The molecule has 112 valence electrons. The maximum Gasteiger partial charge on any atom is 0.433 e. The van der Waals surface area contributed by atoms with Crippen LogP contribution in [0.2, 0.25) is 0 Å². The molecule has 3 saturated carbocycles. The molecule has 0 aromatic carbocycles. The monoisotopic (exact) mass is 301 g/mol. The molecule has 2 bridgehead atoms. The van der Waals surface area contributed by atoms with Gasteiger partial charge in [0.2, 0.25) is 0 Å². The average molecular weight is 301 g/mol. The summed E-state index contributed by atoms with van der Waals surface area (Å²) in [6, 6.07) is 1.87. The van der Waals surface area contributed by atoms with E-state index in [0.717, 1.165) is 18.3 Å². The minimum absolute atomic E-state index is 0.0103. The zero-order chi connectivity index (χ0) is 15.6. The summed E-state index contributed by atoms with van der Waals surface area (Å²) in [5.41, 5.74) is -3.22. The molecule has 1 aromatic heterocycles. The second-order valence-corrected chi connectivity index (χ2v) is 5.68. The lowest BCUT2D eigenvalue weighted by Crippen LogP contribution is -2.74. The highest BCUT2D eigenvalue weighted by Gasteiger charge is 2.83. The van der Waals surface area contributed by atoms with Gasteiger partial charge in [0.05, 0.1) is 10.8 Å². The molecule has 5 nitrogen and oxygen atoms in total. The SMILES string of the molecule is O=C(O)C12CC(C(=O)O)(C1)C2c1ccc(C(F)(F)F)nc1. The van der Waals surface area contributed by atoms with Crippen LogP contribution in [0.1, 0.15) is 30.0 Å². The molecule has 3 aliphatic rings. The maximum atomic E-state index is 12.5. The van der Waals surface area contributed by atoms with E-state index in [1.54, 1.807) is 0 Å². The summed E-state index contributed by atoms with van der Waals surface area (Å²) in [4.78, 5) is 25.9. The number of halogens is 3. The van der Waals surface area contributed by atoms with Crippen molar-refractivity contribution >= 4 is 11.9 Å². The third-order valence-corrected chi connectivity index (χ3v) is 4.63. The van der Waals surface area contributed by atoms with Gasteiger partial charge in [0.25, 0.3) is 0 Å². The summed E-state index contributed by atoms with van der Waals surface area (Å²) in [6.07, 6.45) is -3.63. The van der Waals surface area contributed by atoms with Gasteiger partial charge in [-0.05, 0) is 24.5 Å². The summed E-state index contributed by atoms with van der Waals surface area (Å²) >= 11 is 0. The molecule has 0 spiro atoms. The topological polar surface area (TPSA) is 87.5 Å². The first kappa shape index (κ1) is 13.8. The second kappa shape index (κ2) is 3.75. The van der Waals surface area contributed by atoms with Crippen molar-refractivity contribution in [2.75, 3.05) is 0 Å². The summed E-state index contributed by atoms with van der Waals surface area (Å²) in [5.74, 6) is -3.05. The van der Waals surface area contributed by atoms with Crippen molar-refractivity contribution in [3.05, 3.63) is 29.6 Å². The van der Waals surface area contributed by atoms with E-state index in [2.05, 4.69) is 4.98 Å². The van der Waals surface area contributed by atoms with Crippen LogP contribution >= 0.6 is 0 Å². The Morgan fingerprint density at radius 3 is 2.00 bits per heavy atom. The van der Waals surface area contributed by atoms with Crippen molar-refractivity contribution in [1.82, 2.24) is 4.98 Å². The van der Waals surface area contributed by atoms with E-state index in [9.17, 15) is 33.0 Å². The number of carboxylic acids is 2. The molecule has 4 rings (SSSR count). The molecule has 3 aliphatic carbocycles. The van der Waals surface area contributed by atoms with E-state index >= 15 is 0 Å². The number of carbonyl (C=O) groups is 2. The summed E-state index contributed by atoms with van der Waals surface area (Å²) in [6.45, 7) is 0. The maximum absolute atomic E-state index is 12.5. The molecule has 0 atom stereocenters. The minimum atomic E-state index is -4.59. The molecular formula is C13H10F3NO4. The molecule has 0 radical (unpaired) electrons.